The van der Waals surface area contributed by atoms with E-state index in [0.29, 0.717) is 5.96 Å². The molecule has 0 atom stereocenters. The number of thioether (sulfide) groups is 1. The van der Waals surface area contributed by atoms with Crippen LogP contribution in [0.25, 0.3) is 0 Å². The average Bonchev–Trinajstić information content (AvgIpc) is 2.46. The first-order chi connectivity index (χ1) is 9.76. The second-order valence-electron chi connectivity index (χ2n) is 4.03. The lowest BCUT2D eigenvalue weighted by Gasteiger charge is -2.10. The monoisotopic (exact) mass is 422 g/mol. The lowest BCUT2D eigenvalue weighted by molar-refractivity contribution is -0.114. The number of halogens is 1. The normalized spacial score (nSPS) is 10.5. The van der Waals surface area contributed by atoms with Crippen LogP contribution in [0, 0.1) is 0 Å². The van der Waals surface area contributed by atoms with Crippen molar-refractivity contribution in [1.82, 2.24) is 10.6 Å². The summed E-state index contributed by atoms with van der Waals surface area (Å²) in [5.74, 6) is 1.55. The van der Waals surface area contributed by atoms with Gasteiger partial charge in [-0.15, -0.1) is 24.0 Å². The van der Waals surface area contributed by atoms with Gasteiger partial charge in [0.2, 0.25) is 5.91 Å². The SMILES string of the molecule is CCNC(=NCC(=O)Nc1ccccc1)NCCSC.I. The molecule has 0 bridgehead atoms. The van der Waals surface area contributed by atoms with Gasteiger partial charge in [-0.1, -0.05) is 18.2 Å². The Morgan fingerprint density at radius 2 is 1.95 bits per heavy atom. The zero-order chi connectivity index (χ0) is 14.6. The number of hydrogen-bond donors (Lipinski definition) is 3. The van der Waals surface area contributed by atoms with Gasteiger partial charge < -0.3 is 16.0 Å². The Kier molecular flexibility index (Phi) is 12.2. The van der Waals surface area contributed by atoms with E-state index in [0.717, 1.165) is 24.5 Å². The number of rotatable bonds is 7. The maximum atomic E-state index is 11.8. The average molecular weight is 422 g/mol. The summed E-state index contributed by atoms with van der Waals surface area (Å²) in [7, 11) is 0. The Bertz CT molecular complexity index is 428. The lowest BCUT2D eigenvalue weighted by Crippen LogP contribution is -2.39. The first-order valence-corrected chi connectivity index (χ1v) is 8.01. The molecule has 0 heterocycles. The largest absolute Gasteiger partial charge is 0.357 e. The maximum absolute atomic E-state index is 11.8. The lowest BCUT2D eigenvalue weighted by atomic mass is 10.3. The van der Waals surface area contributed by atoms with Crippen LogP contribution in [0.3, 0.4) is 0 Å². The molecular weight excluding hydrogens is 399 g/mol. The van der Waals surface area contributed by atoms with Gasteiger partial charge in [-0.05, 0) is 25.3 Å². The predicted octanol–water partition coefficient (Wildman–Crippen LogP) is 2.16. The second kappa shape index (κ2) is 12.8. The van der Waals surface area contributed by atoms with Crippen LogP contribution in [0.1, 0.15) is 6.92 Å². The van der Waals surface area contributed by atoms with E-state index in [2.05, 4.69) is 27.2 Å². The van der Waals surface area contributed by atoms with Crippen LogP contribution in [0.2, 0.25) is 0 Å². The third-order valence-electron chi connectivity index (χ3n) is 2.38. The summed E-state index contributed by atoms with van der Waals surface area (Å²) >= 11 is 1.76. The third kappa shape index (κ3) is 9.57. The van der Waals surface area contributed by atoms with Crippen molar-refractivity contribution in [2.24, 2.45) is 4.99 Å². The first kappa shape index (κ1) is 20.0. The number of anilines is 1. The minimum absolute atomic E-state index is 0. The van der Waals surface area contributed by atoms with Gasteiger partial charge in [0.15, 0.2) is 5.96 Å². The Hall–Kier alpha value is -0.960. The van der Waals surface area contributed by atoms with E-state index in [1.165, 1.54) is 0 Å². The van der Waals surface area contributed by atoms with Crippen LogP contribution in [-0.4, -0.2) is 43.5 Å². The summed E-state index contributed by atoms with van der Waals surface area (Å²) in [6, 6.07) is 9.37. The maximum Gasteiger partial charge on any atom is 0.246 e. The number of carbonyl (C=O) groups excluding carboxylic acids is 1. The molecule has 0 saturated carbocycles. The van der Waals surface area contributed by atoms with Crippen molar-refractivity contribution in [2.45, 2.75) is 6.92 Å². The summed E-state index contributed by atoms with van der Waals surface area (Å²) in [4.78, 5) is 16.0. The van der Waals surface area contributed by atoms with Gasteiger partial charge in [0.25, 0.3) is 0 Å². The molecule has 1 aromatic carbocycles. The predicted molar refractivity (Wildman–Crippen MR) is 103 cm³/mol. The molecule has 118 valence electrons. The van der Waals surface area contributed by atoms with Crippen LogP contribution in [0.5, 0.6) is 0 Å². The minimum Gasteiger partial charge on any atom is -0.357 e. The quantitative estimate of drug-likeness (QED) is 0.273. The summed E-state index contributed by atoms with van der Waals surface area (Å²) in [6.45, 7) is 3.69. The molecule has 0 saturated heterocycles. The van der Waals surface area contributed by atoms with E-state index in [1.54, 1.807) is 11.8 Å². The van der Waals surface area contributed by atoms with Gasteiger partial charge in [0.1, 0.15) is 6.54 Å². The molecule has 21 heavy (non-hydrogen) atoms. The molecule has 0 fully saturated rings. The molecule has 3 N–H and O–H groups in total. The topological polar surface area (TPSA) is 65.5 Å². The third-order valence-corrected chi connectivity index (χ3v) is 2.99. The standard InChI is InChI=1S/C14H22N4OS.HI/c1-3-15-14(16-9-10-20-2)17-11-13(19)18-12-7-5-4-6-8-12;/h4-8H,3,9-11H2,1-2H3,(H,18,19)(H2,15,16,17);1H. The first-order valence-electron chi connectivity index (χ1n) is 6.62. The summed E-state index contributed by atoms with van der Waals surface area (Å²) in [6.07, 6.45) is 2.05. The number of guanidine groups is 1. The highest BCUT2D eigenvalue weighted by Crippen LogP contribution is 2.04. The van der Waals surface area contributed by atoms with Crippen LogP contribution >= 0.6 is 35.7 Å². The zero-order valence-corrected chi connectivity index (χ0v) is 15.5. The molecule has 1 amide bonds. The fourth-order valence-electron chi connectivity index (χ4n) is 1.49. The van der Waals surface area contributed by atoms with Gasteiger partial charge in [-0.2, -0.15) is 11.8 Å². The molecular formula is C14H23IN4OS. The Balaban J connectivity index is 0.00000400. The minimum atomic E-state index is -0.127. The molecule has 0 unspecified atom stereocenters. The van der Waals surface area contributed by atoms with Crippen molar-refractivity contribution in [1.29, 1.82) is 0 Å². The molecule has 1 aromatic rings. The number of aliphatic imine (C=N–C) groups is 1. The molecule has 7 heteroatoms. The van der Waals surface area contributed by atoms with Crippen molar-refractivity contribution >= 4 is 53.3 Å². The molecule has 0 aliphatic carbocycles. The number of carbonyl (C=O) groups is 1. The fraction of sp³-hybridized carbons (Fsp3) is 0.429. The molecule has 0 radical (unpaired) electrons. The van der Waals surface area contributed by atoms with Crippen molar-refractivity contribution < 1.29 is 4.79 Å². The molecule has 0 aliphatic heterocycles. The molecule has 5 nitrogen and oxygen atoms in total. The van der Waals surface area contributed by atoms with Crippen molar-refractivity contribution in [3.05, 3.63) is 30.3 Å². The van der Waals surface area contributed by atoms with Crippen molar-refractivity contribution in [3.63, 3.8) is 0 Å². The Labute approximate surface area is 147 Å². The van der Waals surface area contributed by atoms with E-state index in [9.17, 15) is 4.79 Å². The number of benzene rings is 1. The van der Waals surface area contributed by atoms with Crippen LogP contribution in [0.4, 0.5) is 5.69 Å². The van der Waals surface area contributed by atoms with E-state index in [1.807, 2.05) is 37.3 Å². The summed E-state index contributed by atoms with van der Waals surface area (Å²) in [5.41, 5.74) is 0.785. The van der Waals surface area contributed by atoms with Crippen LogP contribution in [0.15, 0.2) is 35.3 Å². The highest BCUT2D eigenvalue weighted by atomic mass is 127. The number of hydrogen-bond acceptors (Lipinski definition) is 3. The van der Waals surface area contributed by atoms with Gasteiger partial charge >= 0.3 is 0 Å². The van der Waals surface area contributed by atoms with Crippen molar-refractivity contribution in [2.75, 3.05) is 37.0 Å². The number of amides is 1. The van der Waals surface area contributed by atoms with Gasteiger partial charge in [-0.3, -0.25) is 4.79 Å². The molecule has 0 aliphatic rings. The van der Waals surface area contributed by atoms with E-state index in [-0.39, 0.29) is 36.4 Å². The summed E-state index contributed by atoms with van der Waals surface area (Å²) in [5, 5.41) is 9.09. The smallest absolute Gasteiger partial charge is 0.246 e. The van der Waals surface area contributed by atoms with Crippen molar-refractivity contribution in [3.8, 4) is 0 Å². The zero-order valence-electron chi connectivity index (χ0n) is 12.4. The number of para-hydroxylation sites is 1. The molecule has 0 aromatic heterocycles. The summed E-state index contributed by atoms with van der Waals surface area (Å²) < 4.78 is 0. The highest BCUT2D eigenvalue weighted by molar-refractivity contribution is 14.0. The molecule has 1 rings (SSSR count). The second-order valence-corrected chi connectivity index (χ2v) is 5.01. The van der Waals surface area contributed by atoms with Gasteiger partial charge in [0, 0.05) is 24.5 Å². The van der Waals surface area contributed by atoms with Crippen LogP contribution in [-0.2, 0) is 4.79 Å². The number of nitrogens with one attached hydrogen (secondary N) is 3. The van der Waals surface area contributed by atoms with Gasteiger partial charge in [-0.25, -0.2) is 4.99 Å². The Morgan fingerprint density at radius 3 is 2.57 bits per heavy atom. The van der Waals surface area contributed by atoms with E-state index >= 15 is 0 Å². The molecule has 0 spiro atoms. The van der Waals surface area contributed by atoms with E-state index < -0.39 is 0 Å². The van der Waals surface area contributed by atoms with E-state index in [4.69, 9.17) is 0 Å². The Morgan fingerprint density at radius 1 is 1.24 bits per heavy atom. The number of nitrogens with zero attached hydrogens (tertiary/aromatic N) is 1. The van der Waals surface area contributed by atoms with Crippen LogP contribution < -0.4 is 16.0 Å². The highest BCUT2D eigenvalue weighted by Gasteiger charge is 2.02. The van der Waals surface area contributed by atoms with Gasteiger partial charge in [0.05, 0.1) is 0 Å². The fourth-order valence-corrected chi connectivity index (χ4v) is 1.79.